The highest BCUT2D eigenvalue weighted by molar-refractivity contribution is 6.11. The lowest BCUT2D eigenvalue weighted by Gasteiger charge is -2.19. The van der Waals surface area contributed by atoms with E-state index < -0.39 is 0 Å². The number of nitrogens with zero attached hydrogens (tertiary/aromatic N) is 5. The molecule has 9 heteroatoms. The summed E-state index contributed by atoms with van der Waals surface area (Å²) in [5.74, 6) is 1.42. The van der Waals surface area contributed by atoms with Crippen LogP contribution in [0.5, 0.6) is 0 Å². The van der Waals surface area contributed by atoms with Crippen LogP contribution in [0.1, 0.15) is 66.1 Å². The lowest BCUT2D eigenvalue weighted by atomic mass is 9.98. The Labute approximate surface area is 162 Å². The summed E-state index contributed by atoms with van der Waals surface area (Å²) >= 11 is 0. The topological polar surface area (TPSA) is 111 Å². The van der Waals surface area contributed by atoms with Crippen molar-refractivity contribution in [2.24, 2.45) is 7.05 Å². The Morgan fingerprint density at radius 1 is 1.32 bits per heavy atom. The molecule has 0 unspecified atom stereocenters. The number of carbonyl (C=O) groups is 1. The molecule has 0 radical (unpaired) electrons. The predicted octanol–water partition coefficient (Wildman–Crippen LogP) is 2.50. The van der Waals surface area contributed by atoms with Gasteiger partial charge in [0.2, 0.25) is 5.95 Å². The van der Waals surface area contributed by atoms with Crippen molar-refractivity contribution >= 4 is 23.0 Å². The summed E-state index contributed by atoms with van der Waals surface area (Å²) in [5, 5.41) is 15.4. The van der Waals surface area contributed by atoms with Crippen molar-refractivity contribution in [3.8, 4) is 0 Å². The molecule has 0 aromatic carbocycles. The molecule has 3 aromatic heterocycles. The molecule has 28 heavy (non-hydrogen) atoms. The van der Waals surface area contributed by atoms with Gasteiger partial charge in [0, 0.05) is 18.7 Å². The fraction of sp³-hybridized carbons (Fsp3) is 0.526. The minimum absolute atomic E-state index is 0.155. The summed E-state index contributed by atoms with van der Waals surface area (Å²) in [6.45, 7) is 7.77. The van der Waals surface area contributed by atoms with Crippen molar-refractivity contribution in [1.29, 1.82) is 0 Å². The molecule has 1 saturated heterocycles. The number of hydrogen-bond donors (Lipinski definition) is 2. The summed E-state index contributed by atoms with van der Waals surface area (Å²) in [7, 11) is 1.79. The molecule has 148 valence electrons. The SMILES string of the molecule is Cc1noc2nc(C(C)C)cc(C(=O)Nc3nc(C4CCNCC4)nn3C)c12. The van der Waals surface area contributed by atoms with Crippen molar-refractivity contribution in [3.63, 3.8) is 0 Å². The highest BCUT2D eigenvalue weighted by atomic mass is 16.5. The highest BCUT2D eigenvalue weighted by Gasteiger charge is 2.24. The normalized spacial score (nSPS) is 15.5. The van der Waals surface area contributed by atoms with Gasteiger partial charge in [-0.2, -0.15) is 10.1 Å². The lowest BCUT2D eigenvalue weighted by Crippen LogP contribution is -2.27. The minimum Gasteiger partial charge on any atom is -0.336 e. The Kier molecular flexibility index (Phi) is 4.84. The Hall–Kier alpha value is -2.81. The molecule has 4 rings (SSSR count). The second-order valence-electron chi connectivity index (χ2n) is 7.59. The average Bonchev–Trinajstić information content (AvgIpc) is 3.25. The zero-order chi connectivity index (χ0) is 19.8. The van der Waals surface area contributed by atoms with Crippen molar-refractivity contribution < 1.29 is 9.32 Å². The summed E-state index contributed by atoms with van der Waals surface area (Å²) in [6, 6.07) is 1.80. The van der Waals surface area contributed by atoms with Crippen LogP contribution in [0.15, 0.2) is 10.6 Å². The first-order valence-corrected chi connectivity index (χ1v) is 9.64. The molecule has 1 aliphatic rings. The van der Waals surface area contributed by atoms with Crippen molar-refractivity contribution in [1.82, 2.24) is 30.2 Å². The largest absolute Gasteiger partial charge is 0.336 e. The Morgan fingerprint density at radius 3 is 2.79 bits per heavy atom. The van der Waals surface area contributed by atoms with Gasteiger partial charge in [0.05, 0.1) is 16.6 Å². The number of aryl methyl sites for hydroxylation is 2. The van der Waals surface area contributed by atoms with E-state index in [0.717, 1.165) is 37.4 Å². The first-order valence-electron chi connectivity index (χ1n) is 9.64. The number of nitrogens with one attached hydrogen (secondary N) is 2. The van der Waals surface area contributed by atoms with E-state index in [1.54, 1.807) is 24.7 Å². The molecule has 0 spiro atoms. The molecule has 1 amide bonds. The smallest absolute Gasteiger partial charge is 0.259 e. The highest BCUT2D eigenvalue weighted by Crippen LogP contribution is 2.27. The molecule has 1 fully saturated rings. The quantitative estimate of drug-likeness (QED) is 0.712. The number of carbonyl (C=O) groups excluding carboxylic acids is 1. The molecule has 4 heterocycles. The summed E-state index contributed by atoms with van der Waals surface area (Å²) in [5.41, 5.74) is 2.28. The van der Waals surface area contributed by atoms with Gasteiger partial charge in [-0.15, -0.1) is 0 Å². The molecule has 2 N–H and O–H groups in total. The second kappa shape index (κ2) is 7.31. The van der Waals surface area contributed by atoms with Gasteiger partial charge in [-0.05, 0) is 44.8 Å². The molecule has 0 saturated carbocycles. The molecule has 3 aromatic rings. The van der Waals surface area contributed by atoms with Crippen LogP contribution in [-0.4, -0.2) is 43.9 Å². The molecular formula is C19H25N7O2. The van der Waals surface area contributed by atoms with E-state index in [1.165, 1.54) is 0 Å². The zero-order valence-corrected chi connectivity index (χ0v) is 16.6. The van der Waals surface area contributed by atoms with E-state index in [9.17, 15) is 4.79 Å². The predicted molar refractivity (Wildman–Crippen MR) is 104 cm³/mol. The van der Waals surface area contributed by atoms with E-state index >= 15 is 0 Å². The molecular weight excluding hydrogens is 358 g/mol. The number of aromatic nitrogens is 5. The van der Waals surface area contributed by atoms with Crippen LogP contribution in [-0.2, 0) is 7.05 Å². The molecule has 0 bridgehead atoms. The number of piperidine rings is 1. The van der Waals surface area contributed by atoms with Crippen molar-refractivity contribution in [2.75, 3.05) is 18.4 Å². The van der Waals surface area contributed by atoms with Gasteiger partial charge < -0.3 is 9.84 Å². The van der Waals surface area contributed by atoms with Crippen LogP contribution in [0.25, 0.3) is 11.1 Å². The van der Waals surface area contributed by atoms with Gasteiger partial charge in [0.1, 0.15) is 0 Å². The summed E-state index contributed by atoms with van der Waals surface area (Å²) in [6.07, 6.45) is 2.00. The van der Waals surface area contributed by atoms with E-state index in [0.29, 0.717) is 34.2 Å². The maximum Gasteiger partial charge on any atom is 0.259 e. The Balaban J connectivity index is 1.65. The average molecular weight is 383 g/mol. The van der Waals surface area contributed by atoms with Gasteiger partial charge >= 0.3 is 0 Å². The zero-order valence-electron chi connectivity index (χ0n) is 16.6. The number of anilines is 1. The summed E-state index contributed by atoms with van der Waals surface area (Å²) < 4.78 is 6.93. The van der Waals surface area contributed by atoms with Crippen LogP contribution < -0.4 is 10.6 Å². The van der Waals surface area contributed by atoms with E-state index in [-0.39, 0.29) is 11.8 Å². The van der Waals surface area contributed by atoms with E-state index in [4.69, 9.17) is 4.52 Å². The molecule has 0 aliphatic carbocycles. The number of amides is 1. The number of fused-ring (bicyclic) bond motifs is 1. The van der Waals surface area contributed by atoms with Gasteiger partial charge in [-0.25, -0.2) is 9.67 Å². The van der Waals surface area contributed by atoms with Crippen LogP contribution in [0, 0.1) is 6.92 Å². The third-order valence-corrected chi connectivity index (χ3v) is 5.18. The fourth-order valence-corrected chi connectivity index (χ4v) is 3.52. The van der Waals surface area contributed by atoms with E-state index in [1.807, 2.05) is 13.8 Å². The van der Waals surface area contributed by atoms with E-state index in [2.05, 4.69) is 30.9 Å². The third-order valence-electron chi connectivity index (χ3n) is 5.18. The van der Waals surface area contributed by atoms with Crippen LogP contribution in [0.3, 0.4) is 0 Å². The minimum atomic E-state index is -0.270. The monoisotopic (exact) mass is 383 g/mol. The summed E-state index contributed by atoms with van der Waals surface area (Å²) in [4.78, 5) is 22.2. The Morgan fingerprint density at radius 2 is 2.07 bits per heavy atom. The van der Waals surface area contributed by atoms with Gasteiger partial charge in [0.25, 0.3) is 11.6 Å². The second-order valence-corrected chi connectivity index (χ2v) is 7.59. The maximum absolute atomic E-state index is 13.1. The maximum atomic E-state index is 13.1. The lowest BCUT2D eigenvalue weighted by molar-refractivity contribution is 0.102. The van der Waals surface area contributed by atoms with Crippen LogP contribution in [0.4, 0.5) is 5.95 Å². The number of pyridine rings is 1. The van der Waals surface area contributed by atoms with Crippen LogP contribution in [0.2, 0.25) is 0 Å². The third kappa shape index (κ3) is 3.37. The first-order chi connectivity index (χ1) is 13.4. The molecule has 1 aliphatic heterocycles. The molecule has 0 atom stereocenters. The molecule has 9 nitrogen and oxygen atoms in total. The Bertz CT molecular complexity index is 1010. The number of rotatable bonds is 4. The van der Waals surface area contributed by atoms with Crippen molar-refractivity contribution in [3.05, 3.63) is 28.8 Å². The fourth-order valence-electron chi connectivity index (χ4n) is 3.52. The standard InChI is InChI=1S/C19H25N7O2/c1-10(2)14-9-13(15-11(3)25-28-18(15)21-14)17(27)23-19-22-16(24-26(19)4)12-5-7-20-8-6-12/h9-10,12,20H,5-8H2,1-4H3,(H,22,23,24,27). The van der Waals surface area contributed by atoms with Gasteiger partial charge in [-0.3, -0.25) is 10.1 Å². The van der Waals surface area contributed by atoms with Crippen LogP contribution >= 0.6 is 0 Å². The number of hydrogen-bond acceptors (Lipinski definition) is 7. The van der Waals surface area contributed by atoms with Gasteiger partial charge in [-0.1, -0.05) is 19.0 Å². The van der Waals surface area contributed by atoms with Gasteiger partial charge in [0.15, 0.2) is 5.82 Å². The first kappa shape index (κ1) is 18.5. The van der Waals surface area contributed by atoms with Crippen molar-refractivity contribution in [2.45, 2.75) is 45.4 Å².